The molecule has 1 aliphatic rings. The fraction of sp³-hybridized carbons (Fsp3) is 0.556. The molecule has 0 unspecified atom stereocenters. The van der Waals surface area contributed by atoms with Crippen LogP contribution in [0.4, 0.5) is 4.39 Å². The molecule has 0 radical (unpaired) electrons. The largest absolute Gasteiger partial charge is 0.394 e. The molecule has 2 nitrogen and oxygen atoms in total. The Labute approximate surface area is 71.3 Å². The van der Waals surface area contributed by atoms with E-state index in [0.29, 0.717) is 12.0 Å². The number of aliphatic hydroxyl groups excluding tert-OH is 1. The van der Waals surface area contributed by atoms with E-state index in [-0.39, 0.29) is 25.6 Å². The van der Waals surface area contributed by atoms with Gasteiger partial charge in [0.2, 0.25) is 0 Å². The minimum atomic E-state index is -0.0876. The molecule has 0 aromatic heterocycles. The van der Waals surface area contributed by atoms with E-state index in [2.05, 4.69) is 0 Å². The van der Waals surface area contributed by atoms with E-state index >= 15 is 0 Å². The number of aliphatic hydroxyl groups is 1. The Hall–Kier alpha value is -0.670. The third-order valence-electron chi connectivity index (χ3n) is 1.69. The predicted octanol–water partition coefficient (Wildman–Crippen LogP) is 1.57. The van der Waals surface area contributed by atoms with Gasteiger partial charge in [-0.3, -0.25) is 0 Å². The lowest BCUT2D eigenvalue weighted by Gasteiger charge is -2.09. The Balaban J connectivity index is 2.34. The van der Waals surface area contributed by atoms with Crippen LogP contribution in [0.5, 0.6) is 0 Å². The third-order valence-corrected chi connectivity index (χ3v) is 1.69. The molecular formula is C9H13FO2. The molecule has 1 rings (SSSR count). The summed E-state index contributed by atoms with van der Waals surface area (Å²) in [5, 5.41) is 8.41. The summed E-state index contributed by atoms with van der Waals surface area (Å²) in [5.74, 6) is -0.0876. The number of hydrogen-bond donors (Lipinski definition) is 1. The monoisotopic (exact) mass is 172 g/mol. The summed E-state index contributed by atoms with van der Waals surface area (Å²) in [4.78, 5) is 0. The minimum Gasteiger partial charge on any atom is -0.394 e. The van der Waals surface area contributed by atoms with Gasteiger partial charge >= 0.3 is 0 Å². The van der Waals surface area contributed by atoms with Gasteiger partial charge in [0.25, 0.3) is 0 Å². The van der Waals surface area contributed by atoms with E-state index in [1.807, 2.05) is 6.08 Å². The van der Waals surface area contributed by atoms with Crippen molar-refractivity contribution >= 4 is 0 Å². The molecule has 0 saturated carbocycles. The molecule has 0 aromatic carbocycles. The first-order valence-electron chi connectivity index (χ1n) is 4.07. The van der Waals surface area contributed by atoms with Crippen molar-refractivity contribution in [2.24, 2.45) is 0 Å². The summed E-state index contributed by atoms with van der Waals surface area (Å²) in [6, 6.07) is 0. The first-order chi connectivity index (χ1) is 5.84. The van der Waals surface area contributed by atoms with Gasteiger partial charge in [-0.15, -0.1) is 0 Å². The molecule has 68 valence electrons. The summed E-state index contributed by atoms with van der Waals surface area (Å²) in [6.07, 6.45) is 4.93. The quantitative estimate of drug-likeness (QED) is 0.652. The Kier molecular flexibility index (Phi) is 3.97. The van der Waals surface area contributed by atoms with Gasteiger partial charge in [0.15, 0.2) is 0 Å². The molecule has 0 bridgehead atoms. The van der Waals surface area contributed by atoms with E-state index in [9.17, 15) is 4.39 Å². The standard InChI is InChI=1S/C9H13FO2/c10-9-4-2-1-3-8(9)7-12-6-5-11/h1,3,11H,2,4-7H2. The highest BCUT2D eigenvalue weighted by atomic mass is 19.1. The molecule has 0 amide bonds. The molecule has 3 heteroatoms. The van der Waals surface area contributed by atoms with Gasteiger partial charge in [0.1, 0.15) is 5.83 Å². The smallest absolute Gasteiger partial charge is 0.106 e. The summed E-state index contributed by atoms with van der Waals surface area (Å²) in [7, 11) is 0. The number of hydrogen-bond acceptors (Lipinski definition) is 2. The number of halogens is 1. The van der Waals surface area contributed by atoms with Crippen molar-refractivity contribution < 1.29 is 14.2 Å². The summed E-state index contributed by atoms with van der Waals surface area (Å²) >= 11 is 0. The summed E-state index contributed by atoms with van der Waals surface area (Å²) in [5.41, 5.74) is 0.606. The van der Waals surface area contributed by atoms with Crippen molar-refractivity contribution in [3.63, 3.8) is 0 Å². The number of ether oxygens (including phenoxy) is 1. The topological polar surface area (TPSA) is 29.5 Å². The van der Waals surface area contributed by atoms with Gasteiger partial charge in [0, 0.05) is 12.0 Å². The van der Waals surface area contributed by atoms with E-state index in [0.717, 1.165) is 6.42 Å². The van der Waals surface area contributed by atoms with Crippen LogP contribution >= 0.6 is 0 Å². The van der Waals surface area contributed by atoms with Gasteiger partial charge in [-0.2, -0.15) is 0 Å². The number of rotatable bonds is 4. The Morgan fingerprint density at radius 1 is 1.58 bits per heavy atom. The zero-order chi connectivity index (χ0) is 8.81. The minimum absolute atomic E-state index is 0.0153. The van der Waals surface area contributed by atoms with Crippen LogP contribution < -0.4 is 0 Å². The predicted molar refractivity (Wildman–Crippen MR) is 44.4 cm³/mol. The molecular weight excluding hydrogens is 159 g/mol. The van der Waals surface area contributed by atoms with Crippen LogP contribution in [0.25, 0.3) is 0 Å². The van der Waals surface area contributed by atoms with Crippen molar-refractivity contribution in [3.8, 4) is 0 Å². The maximum atomic E-state index is 13.0. The molecule has 0 aromatic rings. The fourth-order valence-electron chi connectivity index (χ4n) is 1.06. The zero-order valence-corrected chi connectivity index (χ0v) is 6.92. The van der Waals surface area contributed by atoms with E-state index in [1.54, 1.807) is 6.08 Å². The molecule has 0 heterocycles. The molecule has 1 N–H and O–H groups in total. The number of allylic oxidation sites excluding steroid dienone is 2. The highest BCUT2D eigenvalue weighted by molar-refractivity contribution is 5.26. The Bertz CT molecular complexity index is 197. The van der Waals surface area contributed by atoms with Gasteiger partial charge < -0.3 is 9.84 Å². The maximum absolute atomic E-state index is 13.0. The average Bonchev–Trinajstić information content (AvgIpc) is 2.09. The van der Waals surface area contributed by atoms with Crippen molar-refractivity contribution in [2.45, 2.75) is 12.8 Å². The first-order valence-corrected chi connectivity index (χ1v) is 4.07. The van der Waals surface area contributed by atoms with E-state index in [4.69, 9.17) is 9.84 Å². The molecule has 12 heavy (non-hydrogen) atoms. The molecule has 0 atom stereocenters. The third kappa shape index (κ3) is 2.75. The van der Waals surface area contributed by atoms with Crippen molar-refractivity contribution in [2.75, 3.05) is 19.8 Å². The van der Waals surface area contributed by atoms with Crippen LogP contribution in [0.3, 0.4) is 0 Å². The Morgan fingerprint density at radius 3 is 3.08 bits per heavy atom. The molecule has 0 aliphatic heterocycles. The SMILES string of the molecule is OCCOCC1=C(F)CCC=C1. The van der Waals surface area contributed by atoms with E-state index < -0.39 is 0 Å². The van der Waals surface area contributed by atoms with Crippen molar-refractivity contribution in [1.29, 1.82) is 0 Å². The van der Waals surface area contributed by atoms with E-state index in [1.165, 1.54) is 0 Å². The van der Waals surface area contributed by atoms with Crippen LogP contribution in [-0.4, -0.2) is 24.9 Å². The van der Waals surface area contributed by atoms with Gasteiger partial charge in [-0.1, -0.05) is 12.2 Å². The van der Waals surface area contributed by atoms with Crippen molar-refractivity contribution in [3.05, 3.63) is 23.6 Å². The zero-order valence-electron chi connectivity index (χ0n) is 6.92. The van der Waals surface area contributed by atoms with Crippen molar-refractivity contribution in [1.82, 2.24) is 0 Å². The maximum Gasteiger partial charge on any atom is 0.106 e. The second-order valence-corrected chi connectivity index (χ2v) is 2.65. The highest BCUT2D eigenvalue weighted by Crippen LogP contribution is 2.19. The van der Waals surface area contributed by atoms with Crippen LogP contribution in [-0.2, 0) is 4.74 Å². The highest BCUT2D eigenvalue weighted by Gasteiger charge is 2.06. The second kappa shape index (κ2) is 5.06. The lowest BCUT2D eigenvalue weighted by molar-refractivity contribution is 0.108. The molecule has 1 aliphatic carbocycles. The summed E-state index contributed by atoms with van der Waals surface area (Å²) < 4.78 is 18.0. The van der Waals surface area contributed by atoms with Crippen LogP contribution in [0.1, 0.15) is 12.8 Å². The molecule has 0 fully saturated rings. The molecule has 0 saturated heterocycles. The van der Waals surface area contributed by atoms with Gasteiger partial charge in [-0.05, 0) is 6.42 Å². The second-order valence-electron chi connectivity index (χ2n) is 2.65. The lowest BCUT2D eigenvalue weighted by atomic mass is 10.1. The fourth-order valence-corrected chi connectivity index (χ4v) is 1.06. The van der Waals surface area contributed by atoms with Gasteiger partial charge in [-0.25, -0.2) is 4.39 Å². The Morgan fingerprint density at radius 2 is 2.42 bits per heavy atom. The van der Waals surface area contributed by atoms with Crippen LogP contribution in [0, 0.1) is 0 Å². The first kappa shape index (κ1) is 9.42. The van der Waals surface area contributed by atoms with Gasteiger partial charge in [0.05, 0.1) is 19.8 Å². The normalized spacial score (nSPS) is 17.2. The molecule has 0 spiro atoms. The average molecular weight is 172 g/mol. The summed E-state index contributed by atoms with van der Waals surface area (Å²) in [6.45, 7) is 0.520. The van der Waals surface area contributed by atoms with Crippen LogP contribution in [0.2, 0.25) is 0 Å². The van der Waals surface area contributed by atoms with Crippen LogP contribution in [0.15, 0.2) is 23.6 Å². The lowest BCUT2D eigenvalue weighted by Crippen LogP contribution is -2.04.